The highest BCUT2D eigenvalue weighted by molar-refractivity contribution is 9.12. The fourth-order valence-corrected chi connectivity index (χ4v) is 1.75. The summed E-state index contributed by atoms with van der Waals surface area (Å²) in [6.07, 6.45) is 6.41. The summed E-state index contributed by atoms with van der Waals surface area (Å²) in [6, 6.07) is 0. The van der Waals surface area contributed by atoms with Crippen LogP contribution in [0.3, 0.4) is 0 Å². The SMILES string of the molecule is ClC(Br)=C1CCCCC1. The van der Waals surface area contributed by atoms with Crippen LogP contribution in [0.2, 0.25) is 0 Å². The molecule has 0 aliphatic heterocycles. The molecule has 1 rings (SSSR count). The van der Waals surface area contributed by atoms with E-state index in [1.165, 1.54) is 37.7 Å². The summed E-state index contributed by atoms with van der Waals surface area (Å²) in [5.41, 5.74) is 1.41. The Labute approximate surface area is 69.4 Å². The second-order valence-corrected chi connectivity index (χ2v) is 4.05. The molecule has 0 unspecified atom stereocenters. The summed E-state index contributed by atoms with van der Waals surface area (Å²) >= 11 is 9.03. The van der Waals surface area contributed by atoms with Gasteiger partial charge in [0.25, 0.3) is 0 Å². The first-order chi connectivity index (χ1) is 4.30. The Morgan fingerprint density at radius 3 is 2.11 bits per heavy atom. The lowest BCUT2D eigenvalue weighted by Crippen LogP contribution is -1.93. The quantitative estimate of drug-likeness (QED) is 0.569. The lowest BCUT2D eigenvalue weighted by atomic mass is 9.96. The van der Waals surface area contributed by atoms with Crippen molar-refractivity contribution in [2.24, 2.45) is 0 Å². The average molecular weight is 210 g/mol. The van der Waals surface area contributed by atoms with Crippen LogP contribution in [0.25, 0.3) is 0 Å². The molecule has 52 valence electrons. The fraction of sp³-hybridized carbons (Fsp3) is 0.714. The summed E-state index contributed by atoms with van der Waals surface area (Å²) < 4.78 is 0.849. The minimum Gasteiger partial charge on any atom is -0.0762 e. The van der Waals surface area contributed by atoms with E-state index in [1.807, 2.05) is 0 Å². The molecular formula is C7H10BrCl. The maximum Gasteiger partial charge on any atom is 0.0826 e. The van der Waals surface area contributed by atoms with Crippen LogP contribution in [-0.4, -0.2) is 0 Å². The van der Waals surface area contributed by atoms with E-state index in [0.29, 0.717) is 0 Å². The molecule has 1 fully saturated rings. The first-order valence-corrected chi connectivity index (χ1v) is 4.51. The highest BCUT2D eigenvalue weighted by Crippen LogP contribution is 2.29. The Bertz CT molecular complexity index is 117. The van der Waals surface area contributed by atoms with Gasteiger partial charge in [-0.2, -0.15) is 0 Å². The highest BCUT2D eigenvalue weighted by Gasteiger charge is 2.07. The summed E-state index contributed by atoms with van der Waals surface area (Å²) in [5.74, 6) is 0. The molecule has 0 aromatic rings. The van der Waals surface area contributed by atoms with Gasteiger partial charge in [-0.25, -0.2) is 0 Å². The van der Waals surface area contributed by atoms with Crippen molar-refractivity contribution in [3.05, 3.63) is 9.51 Å². The third-order valence-corrected chi connectivity index (χ3v) is 2.55. The molecule has 0 atom stereocenters. The maximum absolute atomic E-state index is 5.75. The van der Waals surface area contributed by atoms with Gasteiger partial charge in [-0.05, 0) is 47.2 Å². The summed E-state index contributed by atoms with van der Waals surface area (Å²) in [6.45, 7) is 0. The normalized spacial score (nSPS) is 20.0. The molecule has 0 spiro atoms. The van der Waals surface area contributed by atoms with E-state index in [-0.39, 0.29) is 0 Å². The lowest BCUT2D eigenvalue weighted by molar-refractivity contribution is 0.599. The van der Waals surface area contributed by atoms with Crippen molar-refractivity contribution < 1.29 is 0 Å². The molecule has 1 aliphatic carbocycles. The van der Waals surface area contributed by atoms with Crippen LogP contribution in [0.1, 0.15) is 32.1 Å². The standard InChI is InChI=1S/C7H10BrCl/c8-7(9)6-4-2-1-3-5-6/h1-5H2. The third-order valence-electron chi connectivity index (χ3n) is 1.72. The minimum absolute atomic E-state index is 0.849. The van der Waals surface area contributed by atoms with E-state index in [0.717, 1.165) is 3.94 Å². The van der Waals surface area contributed by atoms with E-state index < -0.39 is 0 Å². The Morgan fingerprint density at radius 1 is 1.22 bits per heavy atom. The molecule has 0 saturated heterocycles. The molecule has 1 saturated carbocycles. The van der Waals surface area contributed by atoms with E-state index in [1.54, 1.807) is 0 Å². The van der Waals surface area contributed by atoms with Gasteiger partial charge in [0.05, 0.1) is 3.94 Å². The molecule has 0 radical (unpaired) electrons. The Hall–Kier alpha value is 0.510. The van der Waals surface area contributed by atoms with Gasteiger partial charge in [0.1, 0.15) is 0 Å². The van der Waals surface area contributed by atoms with Crippen molar-refractivity contribution in [3.8, 4) is 0 Å². The highest BCUT2D eigenvalue weighted by atomic mass is 79.9. The van der Waals surface area contributed by atoms with Gasteiger partial charge in [0.2, 0.25) is 0 Å². The smallest absolute Gasteiger partial charge is 0.0762 e. The van der Waals surface area contributed by atoms with Crippen LogP contribution in [0.5, 0.6) is 0 Å². The molecule has 0 amide bonds. The van der Waals surface area contributed by atoms with Gasteiger partial charge in [0, 0.05) is 0 Å². The molecule has 2 heteroatoms. The average Bonchev–Trinajstić information content (AvgIpc) is 1.90. The second kappa shape index (κ2) is 3.62. The van der Waals surface area contributed by atoms with E-state index >= 15 is 0 Å². The van der Waals surface area contributed by atoms with Crippen LogP contribution in [0.4, 0.5) is 0 Å². The Balaban J connectivity index is 2.49. The van der Waals surface area contributed by atoms with Crippen molar-refractivity contribution in [1.82, 2.24) is 0 Å². The molecule has 0 nitrogen and oxygen atoms in total. The van der Waals surface area contributed by atoms with Crippen molar-refractivity contribution in [3.63, 3.8) is 0 Å². The molecule has 0 aromatic heterocycles. The fourth-order valence-electron chi connectivity index (χ4n) is 1.17. The van der Waals surface area contributed by atoms with Gasteiger partial charge in [-0.15, -0.1) is 0 Å². The minimum atomic E-state index is 0.849. The van der Waals surface area contributed by atoms with Crippen molar-refractivity contribution in [2.75, 3.05) is 0 Å². The predicted molar refractivity (Wildman–Crippen MR) is 44.9 cm³/mol. The van der Waals surface area contributed by atoms with Crippen LogP contribution in [0, 0.1) is 0 Å². The number of allylic oxidation sites excluding steroid dienone is 1. The zero-order valence-corrected chi connectivity index (χ0v) is 7.63. The number of rotatable bonds is 0. The first-order valence-electron chi connectivity index (χ1n) is 3.34. The van der Waals surface area contributed by atoms with Gasteiger partial charge in [0.15, 0.2) is 0 Å². The summed E-state index contributed by atoms with van der Waals surface area (Å²) in [5, 5.41) is 0. The number of hydrogen-bond acceptors (Lipinski definition) is 0. The molecular weight excluding hydrogens is 199 g/mol. The van der Waals surface area contributed by atoms with Crippen molar-refractivity contribution in [1.29, 1.82) is 0 Å². The van der Waals surface area contributed by atoms with Crippen LogP contribution in [0.15, 0.2) is 9.51 Å². The zero-order valence-electron chi connectivity index (χ0n) is 5.29. The van der Waals surface area contributed by atoms with Crippen molar-refractivity contribution >= 4 is 27.5 Å². The number of hydrogen-bond donors (Lipinski definition) is 0. The van der Waals surface area contributed by atoms with E-state index in [4.69, 9.17) is 11.6 Å². The zero-order chi connectivity index (χ0) is 6.69. The Morgan fingerprint density at radius 2 is 1.78 bits per heavy atom. The maximum atomic E-state index is 5.75. The summed E-state index contributed by atoms with van der Waals surface area (Å²) in [7, 11) is 0. The van der Waals surface area contributed by atoms with Crippen LogP contribution in [-0.2, 0) is 0 Å². The summed E-state index contributed by atoms with van der Waals surface area (Å²) in [4.78, 5) is 0. The lowest BCUT2D eigenvalue weighted by Gasteiger charge is -2.12. The molecule has 0 bridgehead atoms. The monoisotopic (exact) mass is 208 g/mol. The van der Waals surface area contributed by atoms with Gasteiger partial charge < -0.3 is 0 Å². The van der Waals surface area contributed by atoms with Gasteiger partial charge >= 0.3 is 0 Å². The van der Waals surface area contributed by atoms with E-state index in [2.05, 4.69) is 15.9 Å². The van der Waals surface area contributed by atoms with Crippen LogP contribution >= 0.6 is 27.5 Å². The topological polar surface area (TPSA) is 0 Å². The Kier molecular flexibility index (Phi) is 3.07. The molecule has 0 aromatic carbocycles. The predicted octanol–water partition coefficient (Wildman–Crippen LogP) is 3.80. The third kappa shape index (κ3) is 2.30. The molecule has 1 aliphatic rings. The second-order valence-electron chi connectivity index (χ2n) is 2.42. The molecule has 0 heterocycles. The van der Waals surface area contributed by atoms with E-state index in [9.17, 15) is 0 Å². The molecule has 0 N–H and O–H groups in total. The largest absolute Gasteiger partial charge is 0.0826 e. The first kappa shape index (κ1) is 7.62. The van der Waals surface area contributed by atoms with Crippen molar-refractivity contribution in [2.45, 2.75) is 32.1 Å². The van der Waals surface area contributed by atoms with Gasteiger partial charge in [-0.3, -0.25) is 0 Å². The van der Waals surface area contributed by atoms with Gasteiger partial charge in [-0.1, -0.05) is 18.0 Å². The van der Waals surface area contributed by atoms with Crippen LogP contribution < -0.4 is 0 Å². The molecule has 9 heavy (non-hydrogen) atoms. The number of halogens is 2.